The van der Waals surface area contributed by atoms with Crippen LogP contribution < -0.4 is 10.9 Å². The fourth-order valence-electron chi connectivity index (χ4n) is 3.04. The predicted octanol–water partition coefficient (Wildman–Crippen LogP) is 4.29. The standard InChI is InChI=1S/C23H32F3N5O3Si/c1-17(5-7-19-8-6-18(13-27)14-29-19)34-10-9-28-20-15-30-31(16-33-11-12-35(2,3)4)22(32)21(20)23(24,25)26/h6,8,14-15,17,28H,5,7,9-12,16H2,1-4H3. The minimum Gasteiger partial charge on any atom is -0.381 e. The lowest BCUT2D eigenvalue weighted by molar-refractivity contribution is -0.138. The van der Waals surface area contributed by atoms with Crippen LogP contribution in [0.3, 0.4) is 0 Å². The molecule has 2 rings (SSSR count). The van der Waals surface area contributed by atoms with Gasteiger partial charge in [0, 0.05) is 33.1 Å². The molecule has 0 fully saturated rings. The second kappa shape index (κ2) is 12.8. The summed E-state index contributed by atoms with van der Waals surface area (Å²) in [6, 6.07) is 6.30. The predicted molar refractivity (Wildman–Crippen MR) is 129 cm³/mol. The first-order chi connectivity index (χ1) is 16.4. The van der Waals surface area contributed by atoms with Crippen LogP contribution in [0, 0.1) is 11.3 Å². The van der Waals surface area contributed by atoms with Crippen LogP contribution in [0.25, 0.3) is 0 Å². The maximum atomic E-state index is 13.6. The average Bonchev–Trinajstić information content (AvgIpc) is 2.78. The summed E-state index contributed by atoms with van der Waals surface area (Å²) in [6.45, 7) is 8.56. The Bertz CT molecular complexity index is 1050. The zero-order chi connectivity index (χ0) is 26.1. The Morgan fingerprint density at radius 3 is 2.57 bits per heavy atom. The van der Waals surface area contributed by atoms with Gasteiger partial charge in [0.15, 0.2) is 0 Å². The number of hydrogen-bond acceptors (Lipinski definition) is 7. The van der Waals surface area contributed by atoms with Gasteiger partial charge in [-0.05, 0) is 37.9 Å². The summed E-state index contributed by atoms with van der Waals surface area (Å²) in [5.41, 5.74) is -1.64. The first-order valence-electron chi connectivity index (χ1n) is 11.4. The number of nitriles is 1. The summed E-state index contributed by atoms with van der Waals surface area (Å²) in [5, 5.41) is 15.3. The molecule has 2 aromatic heterocycles. The Labute approximate surface area is 204 Å². The lowest BCUT2D eigenvalue weighted by Gasteiger charge is -2.18. The van der Waals surface area contributed by atoms with Crippen molar-refractivity contribution in [3.8, 4) is 6.07 Å². The van der Waals surface area contributed by atoms with Gasteiger partial charge in [-0.25, -0.2) is 4.68 Å². The van der Waals surface area contributed by atoms with Crippen LogP contribution in [0.2, 0.25) is 25.7 Å². The van der Waals surface area contributed by atoms with Crippen molar-refractivity contribution >= 4 is 13.8 Å². The third-order valence-corrected chi connectivity index (χ3v) is 6.82. The molecule has 0 spiro atoms. The van der Waals surface area contributed by atoms with E-state index < -0.39 is 25.4 Å². The van der Waals surface area contributed by atoms with E-state index in [1.807, 2.05) is 13.0 Å². The Balaban J connectivity index is 1.87. The van der Waals surface area contributed by atoms with Gasteiger partial charge in [-0.3, -0.25) is 9.78 Å². The first-order valence-corrected chi connectivity index (χ1v) is 15.1. The molecule has 0 saturated carbocycles. The van der Waals surface area contributed by atoms with Crippen molar-refractivity contribution in [2.75, 3.05) is 25.1 Å². The topological polar surface area (TPSA) is 102 Å². The highest BCUT2D eigenvalue weighted by molar-refractivity contribution is 6.76. The molecule has 1 N–H and O–H groups in total. The molecule has 2 heterocycles. The van der Waals surface area contributed by atoms with Gasteiger partial charge in [0.1, 0.15) is 18.4 Å². The molecule has 0 aliphatic rings. The molecule has 0 aromatic carbocycles. The molecule has 35 heavy (non-hydrogen) atoms. The van der Waals surface area contributed by atoms with Crippen LogP contribution in [-0.4, -0.2) is 48.7 Å². The van der Waals surface area contributed by atoms with Crippen LogP contribution in [0.15, 0.2) is 29.3 Å². The number of ether oxygens (including phenoxy) is 2. The van der Waals surface area contributed by atoms with Crippen LogP contribution in [0.5, 0.6) is 0 Å². The largest absolute Gasteiger partial charge is 0.423 e. The maximum absolute atomic E-state index is 13.6. The van der Waals surface area contributed by atoms with Crippen LogP contribution in [0.1, 0.15) is 30.2 Å². The number of aryl methyl sites for hydroxylation is 1. The molecule has 0 radical (unpaired) electrons. The lowest BCUT2D eigenvalue weighted by atomic mass is 10.1. The van der Waals surface area contributed by atoms with Crippen molar-refractivity contribution in [3.63, 3.8) is 0 Å². The number of pyridine rings is 1. The van der Waals surface area contributed by atoms with Gasteiger partial charge in [0.2, 0.25) is 0 Å². The Morgan fingerprint density at radius 2 is 1.97 bits per heavy atom. The van der Waals surface area contributed by atoms with Gasteiger partial charge < -0.3 is 14.8 Å². The zero-order valence-corrected chi connectivity index (χ0v) is 21.5. The third kappa shape index (κ3) is 9.79. The second-order valence-electron chi connectivity index (χ2n) is 9.38. The molecule has 12 heteroatoms. The number of nitrogens with one attached hydrogen (secondary N) is 1. The van der Waals surface area contributed by atoms with Gasteiger partial charge in [0.25, 0.3) is 5.56 Å². The molecular formula is C23H32F3N5O3Si. The van der Waals surface area contributed by atoms with E-state index in [4.69, 9.17) is 14.7 Å². The van der Waals surface area contributed by atoms with E-state index in [-0.39, 0.29) is 31.7 Å². The average molecular weight is 512 g/mol. The van der Waals surface area contributed by atoms with E-state index in [0.29, 0.717) is 29.7 Å². The smallest absolute Gasteiger partial charge is 0.381 e. The summed E-state index contributed by atoms with van der Waals surface area (Å²) >= 11 is 0. The minimum absolute atomic E-state index is 0.0698. The van der Waals surface area contributed by atoms with E-state index in [9.17, 15) is 18.0 Å². The van der Waals surface area contributed by atoms with E-state index in [1.165, 1.54) is 6.20 Å². The summed E-state index contributed by atoms with van der Waals surface area (Å²) < 4.78 is 52.6. The monoisotopic (exact) mass is 511 g/mol. The van der Waals surface area contributed by atoms with Crippen LogP contribution in [0.4, 0.5) is 18.9 Å². The quantitative estimate of drug-likeness (QED) is 0.316. The molecule has 8 nitrogen and oxygen atoms in total. The minimum atomic E-state index is -4.84. The number of aromatic nitrogens is 3. The fourth-order valence-corrected chi connectivity index (χ4v) is 3.79. The zero-order valence-electron chi connectivity index (χ0n) is 20.5. The number of anilines is 1. The molecule has 0 amide bonds. The van der Waals surface area contributed by atoms with E-state index in [0.717, 1.165) is 17.9 Å². The van der Waals surface area contributed by atoms with Gasteiger partial charge in [-0.2, -0.15) is 23.5 Å². The van der Waals surface area contributed by atoms with Crippen molar-refractivity contribution in [2.45, 2.75) is 64.5 Å². The van der Waals surface area contributed by atoms with Gasteiger partial charge in [-0.15, -0.1) is 0 Å². The number of halogens is 3. The summed E-state index contributed by atoms with van der Waals surface area (Å²) in [5.74, 6) is 0. The van der Waals surface area contributed by atoms with E-state index >= 15 is 0 Å². The number of hydrogen-bond donors (Lipinski definition) is 1. The molecular weight excluding hydrogens is 479 g/mol. The number of alkyl halides is 3. The molecule has 2 aromatic rings. The van der Waals surface area contributed by atoms with Crippen molar-refractivity contribution in [1.29, 1.82) is 5.26 Å². The molecule has 0 saturated heterocycles. The number of rotatable bonds is 13. The Morgan fingerprint density at radius 1 is 1.23 bits per heavy atom. The highest BCUT2D eigenvalue weighted by Gasteiger charge is 2.38. The first kappa shape index (κ1) is 28.5. The SMILES string of the molecule is CC(CCc1ccc(C#N)cn1)OCCNc1cnn(COCC[Si](C)(C)C)c(=O)c1C(F)(F)F. The Kier molecular flexibility index (Phi) is 10.4. The third-order valence-electron chi connectivity index (χ3n) is 5.12. The van der Waals surface area contributed by atoms with Gasteiger partial charge in [-0.1, -0.05) is 19.6 Å². The summed E-state index contributed by atoms with van der Waals surface area (Å²) in [7, 11) is -1.36. The van der Waals surface area contributed by atoms with Crippen LogP contribution in [-0.2, 0) is 28.8 Å². The van der Waals surface area contributed by atoms with Crippen molar-refractivity contribution in [1.82, 2.24) is 14.8 Å². The van der Waals surface area contributed by atoms with Crippen molar-refractivity contribution in [2.24, 2.45) is 0 Å². The molecule has 1 unspecified atom stereocenters. The van der Waals surface area contributed by atoms with Crippen molar-refractivity contribution in [3.05, 3.63) is 51.7 Å². The molecule has 1 atom stereocenters. The number of nitrogens with zero attached hydrogens (tertiary/aromatic N) is 4. The Hall–Kier alpha value is -2.75. The molecule has 192 valence electrons. The van der Waals surface area contributed by atoms with Gasteiger partial charge >= 0.3 is 6.18 Å². The van der Waals surface area contributed by atoms with E-state index in [2.05, 4.69) is 35.0 Å². The van der Waals surface area contributed by atoms with Crippen LogP contribution >= 0.6 is 0 Å². The fraction of sp³-hybridized carbons (Fsp3) is 0.565. The summed E-state index contributed by atoms with van der Waals surface area (Å²) in [6.07, 6.45) is -1.21. The molecule has 0 aliphatic carbocycles. The molecule has 0 bridgehead atoms. The van der Waals surface area contributed by atoms with Crippen molar-refractivity contribution < 1.29 is 22.6 Å². The van der Waals surface area contributed by atoms with Gasteiger partial charge in [0.05, 0.1) is 30.2 Å². The normalized spacial score (nSPS) is 12.9. The second-order valence-corrected chi connectivity index (χ2v) is 15.0. The highest BCUT2D eigenvalue weighted by Crippen LogP contribution is 2.31. The molecule has 0 aliphatic heterocycles. The van der Waals surface area contributed by atoms with E-state index in [1.54, 1.807) is 12.1 Å². The highest BCUT2D eigenvalue weighted by atomic mass is 28.3. The maximum Gasteiger partial charge on any atom is 0.423 e. The lowest BCUT2D eigenvalue weighted by Crippen LogP contribution is -2.33. The summed E-state index contributed by atoms with van der Waals surface area (Å²) in [4.78, 5) is 16.6.